The number of rotatable bonds is 8. The van der Waals surface area contributed by atoms with Gasteiger partial charge in [-0.3, -0.25) is 9.59 Å². The summed E-state index contributed by atoms with van der Waals surface area (Å²) in [7, 11) is 0. The van der Waals surface area contributed by atoms with Crippen molar-refractivity contribution in [2.45, 2.75) is 25.5 Å². The molecule has 0 spiro atoms. The Bertz CT molecular complexity index is 745. The van der Waals surface area contributed by atoms with Crippen molar-refractivity contribution in [2.24, 2.45) is 0 Å². The second kappa shape index (κ2) is 9.48. The smallest absolute Gasteiger partial charge is 0.340 e. The molecule has 0 aliphatic heterocycles. The van der Waals surface area contributed by atoms with E-state index in [1.54, 1.807) is 30.3 Å². The van der Waals surface area contributed by atoms with E-state index in [0.29, 0.717) is 12.0 Å². The summed E-state index contributed by atoms with van der Waals surface area (Å²) in [6, 6.07) is 16.8. The first-order valence-corrected chi connectivity index (χ1v) is 8.20. The molecule has 2 aromatic rings. The SMILES string of the molecule is CC(=O)[C@H](Cc1ccccc1)NC(=O)COC(=O)[C@H](O)c1ccccc1. The summed E-state index contributed by atoms with van der Waals surface area (Å²) in [5, 5.41) is 12.5. The fourth-order valence-corrected chi connectivity index (χ4v) is 2.37. The van der Waals surface area contributed by atoms with Crippen molar-refractivity contribution in [2.75, 3.05) is 6.61 Å². The lowest BCUT2D eigenvalue weighted by molar-refractivity contribution is -0.157. The van der Waals surface area contributed by atoms with E-state index in [-0.39, 0.29) is 5.78 Å². The summed E-state index contributed by atoms with van der Waals surface area (Å²) in [5.41, 5.74) is 1.29. The zero-order chi connectivity index (χ0) is 18.9. The van der Waals surface area contributed by atoms with Gasteiger partial charge in [0.1, 0.15) is 0 Å². The molecule has 2 atom stereocenters. The van der Waals surface area contributed by atoms with E-state index in [0.717, 1.165) is 5.56 Å². The molecule has 0 fully saturated rings. The molecule has 0 aromatic heterocycles. The molecule has 2 rings (SSSR count). The Morgan fingerprint density at radius 2 is 1.58 bits per heavy atom. The highest BCUT2D eigenvalue weighted by Crippen LogP contribution is 2.13. The first kappa shape index (κ1) is 19.3. The standard InChI is InChI=1S/C20H21NO5/c1-14(22)17(12-15-8-4-2-5-9-15)21-18(23)13-26-20(25)19(24)16-10-6-3-7-11-16/h2-11,17,19,24H,12-13H2,1H3,(H,21,23)/t17-,19+/m0/s1. The quantitative estimate of drug-likeness (QED) is 0.702. The van der Waals surface area contributed by atoms with Gasteiger partial charge in [0.05, 0.1) is 6.04 Å². The van der Waals surface area contributed by atoms with Crippen molar-refractivity contribution in [1.82, 2.24) is 5.32 Å². The van der Waals surface area contributed by atoms with Gasteiger partial charge in [-0.2, -0.15) is 0 Å². The van der Waals surface area contributed by atoms with Crippen molar-refractivity contribution >= 4 is 17.7 Å². The van der Waals surface area contributed by atoms with E-state index in [9.17, 15) is 19.5 Å². The molecule has 26 heavy (non-hydrogen) atoms. The Labute approximate surface area is 151 Å². The van der Waals surface area contributed by atoms with Gasteiger partial charge in [-0.15, -0.1) is 0 Å². The minimum absolute atomic E-state index is 0.196. The third kappa shape index (κ3) is 5.82. The zero-order valence-corrected chi connectivity index (χ0v) is 14.4. The topological polar surface area (TPSA) is 92.7 Å². The average molecular weight is 355 g/mol. The molecule has 0 saturated carbocycles. The highest BCUT2D eigenvalue weighted by atomic mass is 16.5. The van der Waals surface area contributed by atoms with Crippen molar-refractivity contribution in [3.63, 3.8) is 0 Å². The lowest BCUT2D eigenvalue weighted by Crippen LogP contribution is -2.43. The zero-order valence-electron chi connectivity index (χ0n) is 14.4. The minimum Gasteiger partial charge on any atom is -0.453 e. The van der Waals surface area contributed by atoms with Crippen molar-refractivity contribution in [1.29, 1.82) is 0 Å². The summed E-state index contributed by atoms with van der Waals surface area (Å²) in [4.78, 5) is 35.6. The normalized spacial score (nSPS) is 12.7. The number of hydrogen-bond donors (Lipinski definition) is 2. The Morgan fingerprint density at radius 1 is 1.00 bits per heavy atom. The molecular weight excluding hydrogens is 334 g/mol. The number of carbonyl (C=O) groups is 3. The molecule has 0 bridgehead atoms. The predicted octanol–water partition coefficient (Wildman–Crippen LogP) is 1.58. The number of Topliss-reactive ketones (excluding diaryl/α,β-unsaturated/α-hetero) is 1. The molecule has 6 nitrogen and oxygen atoms in total. The molecule has 0 heterocycles. The molecule has 2 N–H and O–H groups in total. The first-order chi connectivity index (χ1) is 12.5. The van der Waals surface area contributed by atoms with Gasteiger partial charge in [-0.05, 0) is 24.5 Å². The van der Waals surface area contributed by atoms with Gasteiger partial charge in [0, 0.05) is 0 Å². The number of ketones is 1. The van der Waals surface area contributed by atoms with Crippen LogP contribution in [0.5, 0.6) is 0 Å². The number of aliphatic hydroxyl groups is 1. The lowest BCUT2D eigenvalue weighted by Gasteiger charge is -2.16. The highest BCUT2D eigenvalue weighted by Gasteiger charge is 2.22. The molecular formula is C20H21NO5. The predicted molar refractivity (Wildman–Crippen MR) is 95.1 cm³/mol. The van der Waals surface area contributed by atoms with Crippen LogP contribution in [0.1, 0.15) is 24.2 Å². The van der Waals surface area contributed by atoms with E-state index in [2.05, 4.69) is 5.32 Å². The molecule has 1 amide bonds. The van der Waals surface area contributed by atoms with Gasteiger partial charge in [0.25, 0.3) is 5.91 Å². The first-order valence-electron chi connectivity index (χ1n) is 8.20. The van der Waals surface area contributed by atoms with Gasteiger partial charge in [0.2, 0.25) is 0 Å². The third-order valence-corrected chi connectivity index (χ3v) is 3.79. The Hall–Kier alpha value is -2.99. The molecule has 0 unspecified atom stereocenters. The number of nitrogens with one attached hydrogen (secondary N) is 1. The fraction of sp³-hybridized carbons (Fsp3) is 0.250. The maximum Gasteiger partial charge on any atom is 0.340 e. The summed E-state index contributed by atoms with van der Waals surface area (Å²) < 4.78 is 4.84. The van der Waals surface area contributed by atoms with E-state index in [4.69, 9.17) is 4.74 Å². The Morgan fingerprint density at radius 3 is 2.15 bits per heavy atom. The van der Waals surface area contributed by atoms with Crippen LogP contribution < -0.4 is 5.32 Å². The largest absolute Gasteiger partial charge is 0.453 e. The number of carbonyl (C=O) groups excluding carboxylic acids is 3. The van der Waals surface area contributed by atoms with Crippen LogP contribution >= 0.6 is 0 Å². The van der Waals surface area contributed by atoms with Gasteiger partial charge in [-0.1, -0.05) is 60.7 Å². The molecule has 136 valence electrons. The van der Waals surface area contributed by atoms with Gasteiger partial charge >= 0.3 is 5.97 Å². The van der Waals surface area contributed by atoms with E-state index >= 15 is 0 Å². The molecule has 6 heteroatoms. The van der Waals surface area contributed by atoms with E-state index in [1.165, 1.54) is 6.92 Å². The van der Waals surface area contributed by atoms with E-state index in [1.807, 2.05) is 30.3 Å². The number of aliphatic hydroxyl groups excluding tert-OH is 1. The number of amides is 1. The fourth-order valence-electron chi connectivity index (χ4n) is 2.37. The number of esters is 1. The molecule has 2 aromatic carbocycles. The van der Waals surface area contributed by atoms with Crippen LogP contribution in [0, 0.1) is 0 Å². The van der Waals surface area contributed by atoms with Crippen molar-refractivity contribution in [3.8, 4) is 0 Å². The summed E-state index contributed by atoms with van der Waals surface area (Å²) in [6.45, 7) is 0.820. The summed E-state index contributed by atoms with van der Waals surface area (Å²) in [5.74, 6) is -1.72. The molecule has 0 aliphatic rings. The van der Waals surface area contributed by atoms with Gasteiger partial charge in [0.15, 0.2) is 18.5 Å². The van der Waals surface area contributed by atoms with Crippen LogP contribution in [0.15, 0.2) is 60.7 Å². The van der Waals surface area contributed by atoms with Crippen LogP contribution in [-0.2, 0) is 25.5 Å². The molecule has 0 radical (unpaired) electrons. The van der Waals surface area contributed by atoms with Crippen molar-refractivity contribution in [3.05, 3.63) is 71.8 Å². The number of hydrogen-bond acceptors (Lipinski definition) is 5. The Kier molecular flexibility index (Phi) is 7.05. The van der Waals surface area contributed by atoms with Crippen LogP contribution in [0.25, 0.3) is 0 Å². The second-order valence-electron chi connectivity index (χ2n) is 5.84. The minimum atomic E-state index is -1.46. The number of benzene rings is 2. The maximum absolute atomic E-state index is 12.0. The van der Waals surface area contributed by atoms with Crippen LogP contribution in [0.2, 0.25) is 0 Å². The number of ether oxygens (including phenoxy) is 1. The molecule has 0 saturated heterocycles. The van der Waals surface area contributed by atoms with Crippen LogP contribution in [0.4, 0.5) is 0 Å². The van der Waals surface area contributed by atoms with Gasteiger partial charge in [-0.25, -0.2) is 4.79 Å². The summed E-state index contributed by atoms with van der Waals surface area (Å²) in [6.07, 6.45) is -1.11. The maximum atomic E-state index is 12.0. The van der Waals surface area contributed by atoms with Gasteiger partial charge < -0.3 is 15.2 Å². The Balaban J connectivity index is 1.86. The molecule has 0 aliphatic carbocycles. The monoisotopic (exact) mass is 355 g/mol. The highest BCUT2D eigenvalue weighted by molar-refractivity contribution is 5.89. The van der Waals surface area contributed by atoms with Crippen LogP contribution in [-0.4, -0.2) is 35.4 Å². The van der Waals surface area contributed by atoms with Crippen molar-refractivity contribution < 1.29 is 24.2 Å². The van der Waals surface area contributed by atoms with Crippen LogP contribution in [0.3, 0.4) is 0 Å². The van der Waals surface area contributed by atoms with E-state index < -0.39 is 30.6 Å². The average Bonchev–Trinajstić information content (AvgIpc) is 2.66. The summed E-state index contributed by atoms with van der Waals surface area (Å²) >= 11 is 0. The second-order valence-corrected chi connectivity index (χ2v) is 5.84. The lowest BCUT2D eigenvalue weighted by atomic mass is 10.0. The third-order valence-electron chi connectivity index (χ3n) is 3.79.